The van der Waals surface area contributed by atoms with Crippen molar-refractivity contribution in [2.45, 2.75) is 31.8 Å². The number of benzene rings is 3. The minimum absolute atomic E-state index is 0.248. The van der Waals surface area contributed by atoms with Crippen LogP contribution in [0, 0.1) is 0 Å². The summed E-state index contributed by atoms with van der Waals surface area (Å²) >= 11 is 5.94. The number of piperazine rings is 1. The van der Waals surface area contributed by atoms with Crippen LogP contribution in [0.5, 0.6) is 0 Å². The van der Waals surface area contributed by atoms with Crippen LogP contribution in [0.1, 0.15) is 36.9 Å². The molecule has 35 heavy (non-hydrogen) atoms. The maximum Gasteiger partial charge on any atom is 0.411 e. The monoisotopic (exact) mass is 491 g/mol. The second-order valence-electron chi connectivity index (χ2n) is 9.23. The second-order valence-corrected chi connectivity index (χ2v) is 9.67. The fourth-order valence-corrected chi connectivity index (χ4v) is 5.17. The van der Waals surface area contributed by atoms with Crippen LogP contribution < -0.4 is 4.90 Å². The van der Waals surface area contributed by atoms with Gasteiger partial charge in [0, 0.05) is 42.9 Å². The summed E-state index contributed by atoms with van der Waals surface area (Å²) in [6, 6.07) is 29.2. The van der Waals surface area contributed by atoms with E-state index in [1.165, 1.54) is 16.0 Å². The predicted molar refractivity (Wildman–Crippen MR) is 143 cm³/mol. The quantitative estimate of drug-likeness (QED) is 0.352. The van der Waals surface area contributed by atoms with Gasteiger partial charge in [0.15, 0.2) is 0 Å². The van der Waals surface area contributed by atoms with Crippen molar-refractivity contribution >= 4 is 23.4 Å². The Balaban J connectivity index is 1.32. The van der Waals surface area contributed by atoms with Crippen LogP contribution in [-0.4, -0.2) is 59.8 Å². The van der Waals surface area contributed by atoms with E-state index in [0.717, 1.165) is 39.0 Å². The zero-order valence-electron chi connectivity index (χ0n) is 20.3. The molecular weight excluding hydrogens is 458 g/mol. The van der Waals surface area contributed by atoms with Gasteiger partial charge < -0.3 is 10.0 Å². The van der Waals surface area contributed by atoms with Gasteiger partial charge in [0.1, 0.15) is 0 Å². The third-order valence-electron chi connectivity index (χ3n) is 6.80. The van der Waals surface area contributed by atoms with Gasteiger partial charge in [-0.25, -0.2) is 4.79 Å². The first kappa shape index (κ1) is 25.2. The van der Waals surface area contributed by atoms with Crippen LogP contribution in [0.25, 0.3) is 0 Å². The molecule has 1 amide bonds. The topological polar surface area (TPSA) is 47.0 Å². The van der Waals surface area contributed by atoms with Crippen LogP contribution in [0.2, 0.25) is 5.02 Å². The van der Waals surface area contributed by atoms with Crippen molar-refractivity contribution in [2.75, 3.05) is 37.6 Å². The Morgan fingerprint density at radius 3 is 2.09 bits per heavy atom. The van der Waals surface area contributed by atoms with Crippen molar-refractivity contribution in [3.8, 4) is 0 Å². The van der Waals surface area contributed by atoms with Crippen molar-refractivity contribution in [3.05, 3.63) is 101 Å². The molecular formula is C29H34ClN3O2. The van der Waals surface area contributed by atoms with Crippen LogP contribution >= 0.6 is 11.6 Å². The van der Waals surface area contributed by atoms with E-state index in [2.05, 4.69) is 77.4 Å². The lowest BCUT2D eigenvalue weighted by atomic mass is 9.95. The van der Waals surface area contributed by atoms with Crippen molar-refractivity contribution in [1.29, 1.82) is 0 Å². The average molecular weight is 492 g/mol. The van der Waals surface area contributed by atoms with E-state index < -0.39 is 6.09 Å². The van der Waals surface area contributed by atoms with Gasteiger partial charge in [0.2, 0.25) is 0 Å². The third kappa shape index (κ3) is 6.63. The summed E-state index contributed by atoms with van der Waals surface area (Å²) < 4.78 is 0. The van der Waals surface area contributed by atoms with Gasteiger partial charge in [0.05, 0.1) is 6.04 Å². The molecule has 0 spiro atoms. The Labute approximate surface area is 213 Å². The minimum atomic E-state index is -0.928. The molecule has 3 aromatic rings. The molecule has 0 aliphatic carbocycles. The highest BCUT2D eigenvalue weighted by atomic mass is 35.5. The second kappa shape index (κ2) is 12.2. The molecule has 0 aromatic heterocycles. The number of carboxylic acid groups (broad SMARTS) is 1. The number of halogens is 1. The lowest BCUT2D eigenvalue weighted by Gasteiger charge is -2.44. The van der Waals surface area contributed by atoms with E-state index in [-0.39, 0.29) is 6.04 Å². The molecule has 1 aliphatic heterocycles. The molecule has 184 valence electrons. The minimum Gasteiger partial charge on any atom is -0.465 e. The Morgan fingerprint density at radius 1 is 0.943 bits per heavy atom. The summed E-state index contributed by atoms with van der Waals surface area (Å²) in [7, 11) is 0. The molecule has 0 bridgehead atoms. The SMILES string of the molecule is CC1CN(CCCCN(C(=O)O)c2ccc(Cl)cc2)CCN1C(c1ccccc1)c1ccccc1. The van der Waals surface area contributed by atoms with Crippen LogP contribution in [0.4, 0.5) is 10.5 Å². The first-order valence-electron chi connectivity index (χ1n) is 12.4. The third-order valence-corrected chi connectivity index (χ3v) is 7.05. The summed E-state index contributed by atoms with van der Waals surface area (Å²) in [5, 5.41) is 10.2. The van der Waals surface area contributed by atoms with Crippen LogP contribution in [-0.2, 0) is 0 Å². The van der Waals surface area contributed by atoms with Crippen molar-refractivity contribution in [3.63, 3.8) is 0 Å². The Bertz CT molecular complexity index is 1020. The lowest BCUT2D eigenvalue weighted by molar-refractivity contribution is 0.0601. The number of hydrogen-bond acceptors (Lipinski definition) is 3. The van der Waals surface area contributed by atoms with E-state index in [1.807, 2.05) is 0 Å². The smallest absolute Gasteiger partial charge is 0.411 e. The first-order chi connectivity index (χ1) is 17.0. The zero-order valence-corrected chi connectivity index (χ0v) is 21.0. The van der Waals surface area contributed by atoms with Crippen LogP contribution in [0.15, 0.2) is 84.9 Å². The Morgan fingerprint density at radius 2 is 1.54 bits per heavy atom. The van der Waals surface area contributed by atoms with E-state index in [1.54, 1.807) is 24.3 Å². The van der Waals surface area contributed by atoms with E-state index in [0.29, 0.717) is 23.3 Å². The number of anilines is 1. The molecule has 4 rings (SSSR count). The highest BCUT2D eigenvalue weighted by molar-refractivity contribution is 6.30. The standard InChI is InChI=1S/C29H34ClN3O2/c1-23-22-31(18-8-9-19-33(29(34)35)27-16-14-26(30)15-17-27)20-21-32(23)28(24-10-4-2-5-11-24)25-12-6-3-7-13-25/h2-7,10-17,23,28H,8-9,18-22H2,1H3,(H,34,35). The molecule has 6 heteroatoms. The molecule has 3 aromatic carbocycles. The average Bonchev–Trinajstić information content (AvgIpc) is 2.87. The van der Waals surface area contributed by atoms with E-state index in [4.69, 9.17) is 11.6 Å². The highest BCUT2D eigenvalue weighted by Gasteiger charge is 2.31. The number of carbonyl (C=O) groups is 1. The maximum absolute atomic E-state index is 11.7. The van der Waals surface area contributed by atoms with Gasteiger partial charge in [-0.1, -0.05) is 72.3 Å². The zero-order chi connectivity index (χ0) is 24.6. The lowest BCUT2D eigenvalue weighted by Crippen LogP contribution is -2.53. The summed E-state index contributed by atoms with van der Waals surface area (Å²) in [5.41, 5.74) is 3.32. The first-order valence-corrected chi connectivity index (χ1v) is 12.7. The van der Waals surface area contributed by atoms with Gasteiger partial charge in [-0.2, -0.15) is 0 Å². The molecule has 5 nitrogen and oxygen atoms in total. The maximum atomic E-state index is 11.7. The largest absolute Gasteiger partial charge is 0.465 e. The van der Waals surface area contributed by atoms with Gasteiger partial charge in [-0.15, -0.1) is 0 Å². The summed E-state index contributed by atoms with van der Waals surface area (Å²) in [5.74, 6) is 0. The van der Waals surface area contributed by atoms with Gasteiger partial charge in [-0.05, 0) is 61.7 Å². The van der Waals surface area contributed by atoms with Gasteiger partial charge in [-0.3, -0.25) is 9.80 Å². The molecule has 1 atom stereocenters. The fraction of sp³-hybridized carbons (Fsp3) is 0.345. The summed E-state index contributed by atoms with van der Waals surface area (Å²) in [4.78, 5) is 18.3. The van der Waals surface area contributed by atoms with Crippen LogP contribution in [0.3, 0.4) is 0 Å². The molecule has 1 aliphatic rings. The molecule has 1 heterocycles. The number of rotatable bonds is 9. The van der Waals surface area contributed by atoms with Crippen molar-refractivity contribution in [2.24, 2.45) is 0 Å². The van der Waals surface area contributed by atoms with Crippen molar-refractivity contribution in [1.82, 2.24) is 9.80 Å². The Hall–Kier alpha value is -2.86. The molecule has 1 unspecified atom stereocenters. The predicted octanol–water partition coefficient (Wildman–Crippen LogP) is 6.40. The van der Waals surface area contributed by atoms with Gasteiger partial charge in [0.25, 0.3) is 0 Å². The number of hydrogen-bond donors (Lipinski definition) is 1. The van der Waals surface area contributed by atoms with E-state index in [9.17, 15) is 9.90 Å². The van der Waals surface area contributed by atoms with Crippen molar-refractivity contribution < 1.29 is 9.90 Å². The number of unbranched alkanes of at least 4 members (excludes halogenated alkanes) is 1. The number of nitrogens with zero attached hydrogens (tertiary/aromatic N) is 3. The molecule has 1 N–H and O–H groups in total. The highest BCUT2D eigenvalue weighted by Crippen LogP contribution is 2.31. The van der Waals surface area contributed by atoms with Gasteiger partial charge >= 0.3 is 6.09 Å². The molecule has 1 fully saturated rings. The number of amides is 1. The molecule has 1 saturated heterocycles. The fourth-order valence-electron chi connectivity index (χ4n) is 5.04. The normalized spacial score (nSPS) is 16.9. The summed E-state index contributed by atoms with van der Waals surface area (Å²) in [6.45, 7) is 6.81. The summed E-state index contributed by atoms with van der Waals surface area (Å²) in [6.07, 6.45) is 0.854. The Kier molecular flexibility index (Phi) is 8.80. The molecule has 0 saturated carbocycles. The molecule has 0 radical (unpaired) electrons. The van der Waals surface area contributed by atoms with E-state index >= 15 is 0 Å².